The molecule has 1 saturated heterocycles. The van der Waals surface area contributed by atoms with Crippen molar-refractivity contribution in [3.8, 4) is 0 Å². The average Bonchev–Trinajstić information content (AvgIpc) is 3.80. The van der Waals surface area contributed by atoms with Crippen molar-refractivity contribution in [1.29, 1.82) is 0 Å². The van der Waals surface area contributed by atoms with E-state index >= 15 is 0 Å². The maximum atomic E-state index is 12.5. The molecule has 0 spiro atoms. The third kappa shape index (κ3) is 49.5. The number of ether oxygens (including phenoxy) is 2. The largest absolute Gasteiger partial charge is 0.542 e. The second-order valence-corrected chi connectivity index (χ2v) is 19.9. The Morgan fingerprint density at radius 2 is 0.688 bits per heavy atom. The molecule has 0 atom stereocenters. The SMILES string of the molecule is CCCCCCCCCCCCCCC[C-]=O.[CH2-]C(COC(=O)CCCCCCCCCCCCCCC)(COC(=O)CCCCCCCCCCCCCCC)CN1CCCC1.[U]. The molecular formula is C57H109NO5U-2. The Morgan fingerprint density at radius 1 is 0.438 bits per heavy atom. The van der Waals surface area contributed by atoms with Crippen molar-refractivity contribution in [2.24, 2.45) is 5.41 Å². The molecule has 0 aromatic carbocycles. The molecule has 0 unspecified atom stereocenters. The van der Waals surface area contributed by atoms with Crippen molar-refractivity contribution < 1.29 is 55.0 Å². The number of nitrogens with zero attached hydrogens (tertiary/aromatic N) is 1. The van der Waals surface area contributed by atoms with Crippen molar-refractivity contribution in [3.63, 3.8) is 0 Å². The molecule has 1 aliphatic rings. The van der Waals surface area contributed by atoms with Crippen LogP contribution in [-0.4, -0.2) is 56.0 Å². The molecular weight excluding hydrogens is 1020 g/mol. The molecule has 1 rings (SSSR count). The first-order valence-corrected chi connectivity index (χ1v) is 28.1. The van der Waals surface area contributed by atoms with E-state index in [1.165, 1.54) is 231 Å². The Morgan fingerprint density at radius 3 is 0.953 bits per heavy atom. The second-order valence-electron chi connectivity index (χ2n) is 19.9. The van der Waals surface area contributed by atoms with Crippen LogP contribution in [0.25, 0.3) is 0 Å². The molecule has 0 radical (unpaired) electrons. The fraction of sp³-hybridized carbons (Fsp3) is 0.930. The quantitative estimate of drug-likeness (QED) is 0.0343. The van der Waals surface area contributed by atoms with E-state index < -0.39 is 5.41 Å². The predicted molar refractivity (Wildman–Crippen MR) is 272 cm³/mol. The first kappa shape index (κ1) is 65.7. The summed E-state index contributed by atoms with van der Waals surface area (Å²) in [7, 11) is 0. The van der Waals surface area contributed by atoms with Crippen LogP contribution in [0.15, 0.2) is 0 Å². The minimum Gasteiger partial charge on any atom is -0.542 e. The van der Waals surface area contributed by atoms with Gasteiger partial charge >= 0.3 is 11.9 Å². The van der Waals surface area contributed by atoms with Crippen LogP contribution >= 0.6 is 0 Å². The van der Waals surface area contributed by atoms with Crippen LogP contribution in [0.5, 0.6) is 0 Å². The Kier molecular flexibility index (Phi) is 55.0. The standard InChI is InChI=1S/C41H78NO4.C16H31O.U/c1-4-6-8-10-12-14-16-18-20-22-24-26-28-32-39(43)45-37-41(3,36-42-34-30-31-35-42)38-46-40(44)33-29-27-25-23-21-19-17-15-13-11-9-7-5-2;1-2-3-4-5-6-7-8-9-10-11-12-13-14-15-16-17;/h3-38H2,1-2H3;2-15H2,1H3;/q2*-1;. The molecule has 0 aromatic heterocycles. The van der Waals surface area contributed by atoms with Crippen LogP contribution in [0.1, 0.15) is 303 Å². The zero-order chi connectivity index (χ0) is 46.0. The Hall–Kier alpha value is -0.378. The van der Waals surface area contributed by atoms with Crippen LogP contribution in [0.4, 0.5) is 0 Å². The molecule has 1 heterocycles. The molecule has 0 aromatic rings. The molecule has 0 saturated carbocycles. The summed E-state index contributed by atoms with van der Waals surface area (Å²) in [6, 6.07) is 0. The number of carbonyl (C=O) groups is 2. The smallest absolute Gasteiger partial charge is 0.305 e. The van der Waals surface area contributed by atoms with Crippen molar-refractivity contribution in [3.05, 3.63) is 6.92 Å². The number of unbranched alkanes of at least 4 members (excludes halogenated alkanes) is 37. The maximum absolute atomic E-state index is 12.5. The molecule has 7 heteroatoms. The summed E-state index contributed by atoms with van der Waals surface area (Å²) in [5.41, 5.74) is -0.609. The van der Waals surface area contributed by atoms with Gasteiger partial charge in [-0.3, -0.25) is 15.9 Å². The van der Waals surface area contributed by atoms with E-state index in [-0.39, 0.29) is 56.3 Å². The van der Waals surface area contributed by atoms with Crippen molar-refractivity contribution in [2.75, 3.05) is 32.8 Å². The molecule has 0 amide bonds. The van der Waals surface area contributed by atoms with Crippen LogP contribution < -0.4 is 0 Å². The van der Waals surface area contributed by atoms with Crippen molar-refractivity contribution in [1.82, 2.24) is 4.90 Å². The molecule has 64 heavy (non-hydrogen) atoms. The Labute approximate surface area is 424 Å². The zero-order valence-electron chi connectivity index (χ0n) is 43.3. The van der Waals surface area contributed by atoms with Crippen LogP contribution in [0, 0.1) is 43.5 Å². The molecule has 0 N–H and O–H groups in total. The van der Waals surface area contributed by atoms with Gasteiger partial charge < -0.3 is 26.1 Å². The molecule has 0 aliphatic carbocycles. The van der Waals surface area contributed by atoms with E-state index in [4.69, 9.17) is 9.47 Å². The molecule has 1 aliphatic heterocycles. The van der Waals surface area contributed by atoms with E-state index in [2.05, 4.69) is 32.6 Å². The number of esters is 2. The number of likely N-dealkylation sites (tertiary alicyclic amines) is 1. The predicted octanol–water partition coefficient (Wildman–Crippen LogP) is 17.5. The van der Waals surface area contributed by atoms with Gasteiger partial charge in [-0.25, -0.2) is 0 Å². The van der Waals surface area contributed by atoms with Crippen LogP contribution in [0.3, 0.4) is 0 Å². The molecule has 1 fully saturated rings. The monoisotopic (exact) mass is 1130 g/mol. The number of hydrogen-bond acceptors (Lipinski definition) is 6. The van der Waals surface area contributed by atoms with Crippen LogP contribution in [0.2, 0.25) is 0 Å². The molecule has 378 valence electrons. The van der Waals surface area contributed by atoms with Gasteiger partial charge in [0.05, 0.1) is 13.2 Å². The topological polar surface area (TPSA) is 72.9 Å². The van der Waals surface area contributed by atoms with Crippen molar-refractivity contribution >= 4 is 18.2 Å². The number of rotatable bonds is 48. The van der Waals surface area contributed by atoms with Crippen LogP contribution in [-0.2, 0) is 23.9 Å². The average molecular weight is 1130 g/mol. The number of hydrogen-bond donors (Lipinski definition) is 0. The second kappa shape index (κ2) is 53.6. The van der Waals surface area contributed by atoms with Gasteiger partial charge in [0.25, 0.3) is 0 Å². The fourth-order valence-electron chi connectivity index (χ4n) is 8.95. The summed E-state index contributed by atoms with van der Waals surface area (Å²) < 4.78 is 11.4. The maximum Gasteiger partial charge on any atom is 0.305 e. The van der Waals surface area contributed by atoms with Gasteiger partial charge in [0.2, 0.25) is 0 Å². The normalized spacial score (nSPS) is 12.8. The van der Waals surface area contributed by atoms with Gasteiger partial charge in [-0.2, -0.15) is 6.42 Å². The van der Waals surface area contributed by atoms with Gasteiger partial charge in [0.1, 0.15) is 0 Å². The van der Waals surface area contributed by atoms with E-state index in [1.54, 1.807) is 0 Å². The third-order valence-corrected chi connectivity index (χ3v) is 13.2. The summed E-state index contributed by atoms with van der Waals surface area (Å²) in [6.45, 7) is 14.4. The molecule has 6 nitrogen and oxygen atoms in total. The zero-order valence-corrected chi connectivity index (χ0v) is 47.5. The first-order chi connectivity index (χ1) is 30.9. The Balaban J connectivity index is 0. The summed E-state index contributed by atoms with van der Waals surface area (Å²) in [5, 5.41) is 0. The minimum atomic E-state index is -0.609. The summed E-state index contributed by atoms with van der Waals surface area (Å²) in [5.74, 6) is -0.286. The van der Waals surface area contributed by atoms with Gasteiger partial charge in [-0.05, 0) is 45.3 Å². The summed E-state index contributed by atoms with van der Waals surface area (Å²) in [6.07, 6.45) is 57.2. The third-order valence-electron chi connectivity index (χ3n) is 13.2. The first-order valence-electron chi connectivity index (χ1n) is 28.1. The van der Waals surface area contributed by atoms with Gasteiger partial charge in [0, 0.05) is 44.0 Å². The van der Waals surface area contributed by atoms with Crippen molar-refractivity contribution in [2.45, 2.75) is 303 Å². The number of carbonyl (C=O) groups excluding carboxylic acids is 3. The van der Waals surface area contributed by atoms with E-state index in [9.17, 15) is 14.4 Å². The summed E-state index contributed by atoms with van der Waals surface area (Å²) in [4.78, 5) is 37.4. The van der Waals surface area contributed by atoms with E-state index in [0.29, 0.717) is 25.8 Å². The minimum absolute atomic E-state index is 0. The Bertz CT molecular complexity index is 910. The summed E-state index contributed by atoms with van der Waals surface area (Å²) >= 11 is 0. The van der Waals surface area contributed by atoms with Gasteiger partial charge in [-0.15, -0.1) is 0 Å². The van der Waals surface area contributed by atoms with E-state index in [0.717, 1.165) is 45.2 Å². The molecule has 0 bridgehead atoms. The van der Waals surface area contributed by atoms with E-state index in [1.807, 2.05) is 6.29 Å². The van der Waals surface area contributed by atoms with Gasteiger partial charge in [-0.1, -0.05) is 264 Å². The van der Waals surface area contributed by atoms with Gasteiger partial charge in [0.15, 0.2) is 0 Å². The fourth-order valence-corrected chi connectivity index (χ4v) is 8.95.